The minimum Gasteiger partial charge on any atom is -0.497 e. The third-order valence-corrected chi connectivity index (χ3v) is 7.76. The van der Waals surface area contributed by atoms with E-state index in [1.807, 2.05) is 18.2 Å². The first-order valence-electron chi connectivity index (χ1n) is 10.9. The number of ether oxygens (including phenoxy) is 1. The second kappa shape index (κ2) is 10.1. The lowest BCUT2D eigenvalue weighted by Crippen LogP contribution is -2.41. The summed E-state index contributed by atoms with van der Waals surface area (Å²) in [7, 11) is 1.64. The molecule has 5 heteroatoms. The van der Waals surface area contributed by atoms with Crippen molar-refractivity contribution >= 4 is 11.8 Å². The molecule has 0 aliphatic carbocycles. The molecular formula is C25H32F2O2S. The second-order valence-electron chi connectivity index (χ2n) is 8.36. The fraction of sp³-hybridized carbons (Fsp3) is 0.520. The average molecular weight is 435 g/mol. The largest absolute Gasteiger partial charge is 0.497 e. The summed E-state index contributed by atoms with van der Waals surface area (Å²) in [6.45, 7) is 4.33. The third kappa shape index (κ3) is 4.67. The Kier molecular flexibility index (Phi) is 7.81. The normalized spacial score (nSPS) is 20.5. The van der Waals surface area contributed by atoms with E-state index in [0.29, 0.717) is 5.56 Å². The maximum atomic E-state index is 14.2. The number of aliphatic hydroxyl groups is 1. The quantitative estimate of drug-likeness (QED) is 0.488. The van der Waals surface area contributed by atoms with Crippen molar-refractivity contribution in [1.29, 1.82) is 0 Å². The lowest BCUT2D eigenvalue weighted by Gasteiger charge is -2.40. The monoisotopic (exact) mass is 434 g/mol. The fourth-order valence-corrected chi connectivity index (χ4v) is 6.01. The van der Waals surface area contributed by atoms with Gasteiger partial charge in [-0.3, -0.25) is 0 Å². The predicted octanol–water partition coefficient (Wildman–Crippen LogP) is 6.94. The molecule has 164 valence electrons. The van der Waals surface area contributed by atoms with Gasteiger partial charge in [0.15, 0.2) is 11.6 Å². The van der Waals surface area contributed by atoms with Crippen LogP contribution in [0.15, 0.2) is 41.3 Å². The molecule has 0 amide bonds. The third-order valence-electron chi connectivity index (χ3n) is 6.37. The van der Waals surface area contributed by atoms with Crippen molar-refractivity contribution in [2.24, 2.45) is 5.41 Å². The summed E-state index contributed by atoms with van der Waals surface area (Å²) in [5.74, 6) is -0.595. The molecule has 1 heterocycles. The summed E-state index contributed by atoms with van der Waals surface area (Å²) in [5, 5.41) is 11.8. The Morgan fingerprint density at radius 2 is 1.73 bits per heavy atom. The number of unbranched alkanes of at least 4 members (excludes halogenated alkanes) is 2. The highest BCUT2D eigenvalue weighted by Crippen LogP contribution is 2.52. The lowest BCUT2D eigenvalue weighted by atomic mass is 9.68. The molecule has 30 heavy (non-hydrogen) atoms. The Morgan fingerprint density at radius 1 is 1.03 bits per heavy atom. The second-order valence-corrected chi connectivity index (χ2v) is 9.38. The zero-order valence-electron chi connectivity index (χ0n) is 18.1. The highest BCUT2D eigenvalue weighted by Gasteiger charge is 2.45. The van der Waals surface area contributed by atoms with Gasteiger partial charge in [0.05, 0.1) is 13.2 Å². The molecule has 0 spiro atoms. The molecular weight excluding hydrogens is 402 g/mol. The van der Waals surface area contributed by atoms with E-state index < -0.39 is 23.7 Å². The first kappa shape index (κ1) is 23.1. The maximum Gasteiger partial charge on any atom is 0.159 e. The number of aliphatic hydroxyl groups excluding tert-OH is 1. The van der Waals surface area contributed by atoms with Gasteiger partial charge in [-0.1, -0.05) is 51.7 Å². The van der Waals surface area contributed by atoms with Crippen molar-refractivity contribution < 1.29 is 18.6 Å². The minimum absolute atomic E-state index is 0.279. The number of hydrogen-bond donors (Lipinski definition) is 1. The Hall–Kier alpha value is -1.59. The molecule has 0 aromatic heterocycles. The number of thioether (sulfide) groups is 1. The van der Waals surface area contributed by atoms with Gasteiger partial charge in [0, 0.05) is 22.0 Å². The van der Waals surface area contributed by atoms with Gasteiger partial charge in [-0.15, -0.1) is 11.8 Å². The van der Waals surface area contributed by atoms with E-state index in [-0.39, 0.29) is 5.41 Å². The van der Waals surface area contributed by atoms with Crippen LogP contribution in [-0.2, 0) is 0 Å². The van der Waals surface area contributed by atoms with Crippen LogP contribution in [0, 0.1) is 17.0 Å². The van der Waals surface area contributed by atoms with Gasteiger partial charge in [0.2, 0.25) is 0 Å². The topological polar surface area (TPSA) is 29.5 Å². The molecule has 2 aromatic carbocycles. The Labute approximate surface area is 183 Å². The van der Waals surface area contributed by atoms with E-state index in [9.17, 15) is 13.9 Å². The fourth-order valence-electron chi connectivity index (χ4n) is 4.54. The average Bonchev–Trinajstić information content (AvgIpc) is 2.87. The summed E-state index contributed by atoms with van der Waals surface area (Å²) < 4.78 is 33.3. The van der Waals surface area contributed by atoms with Crippen molar-refractivity contribution in [3.8, 4) is 5.75 Å². The summed E-state index contributed by atoms with van der Waals surface area (Å²) in [6, 6.07) is 9.86. The highest BCUT2D eigenvalue weighted by molar-refractivity contribution is 7.99. The van der Waals surface area contributed by atoms with Crippen LogP contribution in [0.2, 0.25) is 0 Å². The predicted molar refractivity (Wildman–Crippen MR) is 119 cm³/mol. The number of methoxy groups -OCH3 is 1. The van der Waals surface area contributed by atoms with E-state index in [2.05, 4.69) is 13.8 Å². The lowest BCUT2D eigenvalue weighted by molar-refractivity contribution is 0.0134. The van der Waals surface area contributed by atoms with Gasteiger partial charge in [0.1, 0.15) is 5.75 Å². The van der Waals surface area contributed by atoms with Crippen molar-refractivity contribution in [2.45, 2.75) is 69.3 Å². The molecule has 0 saturated carbocycles. The summed E-state index contributed by atoms with van der Waals surface area (Å²) in [4.78, 5) is 1.04. The van der Waals surface area contributed by atoms with E-state index in [0.717, 1.165) is 60.5 Å². The number of benzene rings is 2. The smallest absolute Gasteiger partial charge is 0.159 e. The molecule has 1 aliphatic heterocycles. The van der Waals surface area contributed by atoms with Crippen molar-refractivity contribution in [2.75, 3.05) is 12.9 Å². The van der Waals surface area contributed by atoms with Gasteiger partial charge in [0.25, 0.3) is 0 Å². The molecule has 1 N–H and O–H groups in total. The molecule has 2 aromatic rings. The standard InChI is InChI=1S/C25H32F2O2S/c1-4-6-12-25(13-7-5-2)16-30-22-15-18(29-3)9-10-19(22)23(24(25)28)17-8-11-20(26)21(27)14-17/h8-11,14-15,23-24,28H,4-7,12-13,16H2,1-3H3/t23-,24-/m1/s1. The van der Waals surface area contributed by atoms with Crippen LogP contribution >= 0.6 is 11.8 Å². The van der Waals surface area contributed by atoms with Crippen molar-refractivity contribution in [1.82, 2.24) is 0 Å². The van der Waals surface area contributed by atoms with Crippen LogP contribution in [0.3, 0.4) is 0 Å². The van der Waals surface area contributed by atoms with Gasteiger partial charge < -0.3 is 9.84 Å². The SMILES string of the molecule is CCCCC1(CCCC)CSc2cc(OC)ccc2[C@@H](c2ccc(F)c(F)c2)[C@H]1O. The number of fused-ring (bicyclic) bond motifs is 1. The zero-order chi connectivity index (χ0) is 21.7. The van der Waals surface area contributed by atoms with Crippen LogP contribution < -0.4 is 4.74 Å². The molecule has 0 bridgehead atoms. The van der Waals surface area contributed by atoms with E-state index in [1.54, 1.807) is 24.9 Å². The van der Waals surface area contributed by atoms with Crippen LogP contribution in [0.1, 0.15) is 69.4 Å². The minimum atomic E-state index is -0.876. The maximum absolute atomic E-state index is 14.2. The van der Waals surface area contributed by atoms with Crippen LogP contribution in [-0.4, -0.2) is 24.1 Å². The number of rotatable bonds is 8. The van der Waals surface area contributed by atoms with Gasteiger partial charge in [-0.25, -0.2) is 8.78 Å². The Balaban J connectivity index is 2.15. The van der Waals surface area contributed by atoms with Crippen molar-refractivity contribution in [3.63, 3.8) is 0 Å². The highest BCUT2D eigenvalue weighted by atomic mass is 32.2. The summed E-state index contributed by atoms with van der Waals surface area (Å²) in [5.41, 5.74) is 1.29. The first-order valence-corrected chi connectivity index (χ1v) is 11.9. The molecule has 0 fully saturated rings. The molecule has 2 nitrogen and oxygen atoms in total. The molecule has 3 rings (SSSR count). The Bertz CT molecular complexity index is 847. The molecule has 0 unspecified atom stereocenters. The van der Waals surface area contributed by atoms with Crippen molar-refractivity contribution in [3.05, 3.63) is 59.2 Å². The first-order chi connectivity index (χ1) is 14.5. The molecule has 2 atom stereocenters. The molecule has 0 saturated heterocycles. The van der Waals surface area contributed by atoms with E-state index in [4.69, 9.17) is 4.74 Å². The van der Waals surface area contributed by atoms with Gasteiger partial charge >= 0.3 is 0 Å². The molecule has 0 radical (unpaired) electrons. The van der Waals surface area contributed by atoms with E-state index in [1.165, 1.54) is 12.1 Å². The summed E-state index contributed by atoms with van der Waals surface area (Å²) >= 11 is 1.75. The summed E-state index contributed by atoms with van der Waals surface area (Å²) in [6.07, 6.45) is 5.34. The number of hydrogen-bond acceptors (Lipinski definition) is 3. The van der Waals surface area contributed by atoms with Crippen LogP contribution in [0.4, 0.5) is 8.78 Å². The van der Waals surface area contributed by atoms with E-state index >= 15 is 0 Å². The molecule has 1 aliphatic rings. The number of halogens is 2. The van der Waals surface area contributed by atoms with Gasteiger partial charge in [-0.2, -0.15) is 0 Å². The Morgan fingerprint density at radius 3 is 2.33 bits per heavy atom. The van der Waals surface area contributed by atoms with Crippen LogP contribution in [0.25, 0.3) is 0 Å². The zero-order valence-corrected chi connectivity index (χ0v) is 18.9. The van der Waals surface area contributed by atoms with Gasteiger partial charge in [-0.05, 0) is 48.2 Å². The van der Waals surface area contributed by atoms with Crippen LogP contribution in [0.5, 0.6) is 5.75 Å².